The van der Waals surface area contributed by atoms with Crippen molar-refractivity contribution in [1.29, 1.82) is 0 Å². The Hall–Kier alpha value is -2.63. The molecule has 0 spiro atoms. The summed E-state index contributed by atoms with van der Waals surface area (Å²) in [6.45, 7) is 7.15. The Labute approximate surface area is 127 Å². The van der Waals surface area contributed by atoms with Gasteiger partial charge in [-0.15, -0.1) is 0 Å². The number of aromatic nitrogens is 2. The zero-order valence-corrected chi connectivity index (χ0v) is 12.5. The molecule has 22 heavy (non-hydrogen) atoms. The Morgan fingerprint density at radius 3 is 2.82 bits per heavy atom. The number of piperidine rings is 1. The Kier molecular flexibility index (Phi) is 3.05. The van der Waals surface area contributed by atoms with E-state index < -0.39 is 11.1 Å². The smallest absolute Gasteiger partial charge is 0.266 e. The van der Waals surface area contributed by atoms with Gasteiger partial charge in [-0.05, 0) is 38.8 Å². The topological polar surface area (TPSA) is 84.2 Å². The second-order valence-electron chi connectivity index (χ2n) is 5.80. The summed E-state index contributed by atoms with van der Waals surface area (Å²) < 4.78 is 1.37. The van der Waals surface area contributed by atoms with Crippen LogP contribution < -0.4 is 10.9 Å². The average Bonchev–Trinajstić information content (AvgIpc) is 2.43. The van der Waals surface area contributed by atoms with Crippen molar-refractivity contribution in [2.24, 2.45) is 0 Å². The maximum Gasteiger partial charge on any atom is 0.266 e. The van der Waals surface area contributed by atoms with Gasteiger partial charge in [0, 0.05) is 5.70 Å². The second-order valence-corrected chi connectivity index (χ2v) is 5.80. The number of nitrogens with one attached hydrogen (secondary N) is 1. The lowest BCUT2D eigenvalue weighted by atomic mass is 9.89. The largest absolute Gasteiger partial charge is 0.507 e. The van der Waals surface area contributed by atoms with Gasteiger partial charge in [0.2, 0.25) is 5.91 Å². The zero-order chi connectivity index (χ0) is 16.1. The molecular weight excluding hydrogens is 282 g/mol. The van der Waals surface area contributed by atoms with Gasteiger partial charge in [-0.25, -0.2) is 4.98 Å². The highest BCUT2D eigenvalue weighted by molar-refractivity contribution is 5.88. The highest BCUT2D eigenvalue weighted by atomic mass is 16.3. The fourth-order valence-electron chi connectivity index (χ4n) is 2.98. The Morgan fingerprint density at radius 2 is 2.14 bits per heavy atom. The molecule has 0 aliphatic carbocycles. The molecule has 1 atom stereocenters. The van der Waals surface area contributed by atoms with Crippen molar-refractivity contribution < 1.29 is 9.90 Å². The molecule has 1 aromatic heterocycles. The van der Waals surface area contributed by atoms with E-state index in [2.05, 4.69) is 16.9 Å². The van der Waals surface area contributed by atoms with Gasteiger partial charge in [-0.1, -0.05) is 12.6 Å². The molecule has 2 heterocycles. The van der Waals surface area contributed by atoms with Crippen LogP contribution in [0.3, 0.4) is 0 Å². The third-order valence-electron chi connectivity index (χ3n) is 4.23. The lowest BCUT2D eigenvalue weighted by molar-refractivity contribution is -0.130. The molecule has 3 rings (SSSR count). The Balaban J connectivity index is 2.32. The third kappa shape index (κ3) is 1.91. The highest BCUT2D eigenvalue weighted by Crippen LogP contribution is 2.30. The number of fused-ring (bicyclic) bond motifs is 1. The van der Waals surface area contributed by atoms with Crippen molar-refractivity contribution in [3.05, 3.63) is 46.7 Å². The van der Waals surface area contributed by atoms with E-state index in [4.69, 9.17) is 0 Å². The molecule has 1 amide bonds. The normalized spacial score (nSPS) is 21.9. The van der Waals surface area contributed by atoms with E-state index in [0.717, 1.165) is 0 Å². The number of phenolic OH excluding ortho intramolecular Hbond substituents is 1. The van der Waals surface area contributed by atoms with Crippen LogP contribution in [-0.4, -0.2) is 20.6 Å². The molecule has 1 unspecified atom stereocenters. The number of aromatic hydroxyl groups is 1. The third-order valence-corrected chi connectivity index (χ3v) is 4.23. The Morgan fingerprint density at radius 1 is 1.41 bits per heavy atom. The van der Waals surface area contributed by atoms with E-state index >= 15 is 0 Å². The van der Waals surface area contributed by atoms with Gasteiger partial charge in [0.15, 0.2) is 0 Å². The number of allylic oxidation sites excluding steroid dienone is 1. The van der Waals surface area contributed by atoms with Gasteiger partial charge < -0.3 is 10.4 Å². The van der Waals surface area contributed by atoms with Crippen LogP contribution in [0.25, 0.3) is 10.9 Å². The van der Waals surface area contributed by atoms with Crippen LogP contribution in [-0.2, 0) is 10.3 Å². The number of benzene rings is 1. The minimum atomic E-state index is -1.05. The summed E-state index contributed by atoms with van der Waals surface area (Å²) in [4.78, 5) is 29.7. The molecule has 2 N–H and O–H groups in total. The number of hydrogen-bond acceptors (Lipinski definition) is 4. The highest BCUT2D eigenvalue weighted by Gasteiger charge is 2.40. The number of carbonyl (C=O) groups is 1. The van der Waals surface area contributed by atoms with E-state index in [1.807, 2.05) is 0 Å². The molecule has 0 saturated carbocycles. The summed E-state index contributed by atoms with van der Waals surface area (Å²) in [5, 5.41) is 12.8. The van der Waals surface area contributed by atoms with Crippen LogP contribution in [0.5, 0.6) is 5.75 Å². The number of nitrogens with zero attached hydrogens (tertiary/aromatic N) is 2. The van der Waals surface area contributed by atoms with Crippen LogP contribution in [0.1, 0.15) is 25.6 Å². The maximum atomic E-state index is 12.9. The van der Waals surface area contributed by atoms with Crippen LogP contribution in [0.4, 0.5) is 0 Å². The lowest BCUT2D eigenvalue weighted by Gasteiger charge is -2.36. The first-order valence-electron chi connectivity index (χ1n) is 7.05. The average molecular weight is 299 g/mol. The summed E-state index contributed by atoms with van der Waals surface area (Å²) in [6, 6.07) is 4.74. The van der Waals surface area contributed by atoms with Gasteiger partial charge in [0.25, 0.3) is 5.56 Å². The van der Waals surface area contributed by atoms with Crippen molar-refractivity contribution in [2.45, 2.75) is 32.2 Å². The first kappa shape index (κ1) is 14.3. The van der Waals surface area contributed by atoms with E-state index in [1.165, 1.54) is 10.6 Å². The van der Waals surface area contributed by atoms with E-state index in [0.29, 0.717) is 29.9 Å². The molecule has 0 bridgehead atoms. The summed E-state index contributed by atoms with van der Waals surface area (Å²) in [5.41, 5.74) is -0.398. The molecule has 1 fully saturated rings. The van der Waals surface area contributed by atoms with Crippen molar-refractivity contribution in [3.63, 3.8) is 0 Å². The van der Waals surface area contributed by atoms with Gasteiger partial charge in [-0.3, -0.25) is 14.2 Å². The van der Waals surface area contributed by atoms with Crippen LogP contribution in [0.15, 0.2) is 35.3 Å². The summed E-state index contributed by atoms with van der Waals surface area (Å²) in [5.74, 6) is 0.0201. The molecule has 114 valence electrons. The zero-order valence-electron chi connectivity index (χ0n) is 12.5. The number of hydrogen-bond donors (Lipinski definition) is 2. The van der Waals surface area contributed by atoms with Gasteiger partial charge >= 0.3 is 0 Å². The fourth-order valence-corrected chi connectivity index (χ4v) is 2.98. The number of aryl methyl sites for hydroxylation is 1. The molecule has 1 aromatic carbocycles. The quantitative estimate of drug-likeness (QED) is 0.836. The molecule has 6 heteroatoms. The molecule has 0 radical (unpaired) electrons. The standard InChI is InChI=1S/C16H17N3O3/c1-9-7-8-16(3,15(22)17-9)19-10(2)18-11-5-4-6-12(20)13(11)14(19)21/h4-6,20H,1,7-8H2,2-3H3,(H,17,22). The predicted octanol–water partition coefficient (Wildman–Crippen LogP) is 1.55. The predicted molar refractivity (Wildman–Crippen MR) is 82.6 cm³/mol. The maximum absolute atomic E-state index is 12.9. The van der Waals surface area contributed by atoms with E-state index in [-0.39, 0.29) is 17.0 Å². The SMILES string of the molecule is C=C1CCC(C)(n2c(C)nc3cccc(O)c3c2=O)C(=O)N1. The van der Waals surface area contributed by atoms with Crippen LogP contribution in [0, 0.1) is 6.92 Å². The minimum Gasteiger partial charge on any atom is -0.507 e. The summed E-state index contributed by atoms with van der Waals surface area (Å²) >= 11 is 0. The minimum absolute atomic E-state index is 0.131. The molecule has 1 aliphatic rings. The summed E-state index contributed by atoms with van der Waals surface area (Å²) in [6.07, 6.45) is 1.05. The van der Waals surface area contributed by atoms with Crippen LogP contribution in [0.2, 0.25) is 0 Å². The first-order valence-corrected chi connectivity index (χ1v) is 7.05. The number of phenols is 1. The van der Waals surface area contributed by atoms with Crippen molar-refractivity contribution in [2.75, 3.05) is 0 Å². The second kappa shape index (κ2) is 4.69. The molecule has 1 saturated heterocycles. The van der Waals surface area contributed by atoms with E-state index in [9.17, 15) is 14.7 Å². The molecule has 2 aromatic rings. The number of carbonyl (C=O) groups excluding carboxylic acids is 1. The monoisotopic (exact) mass is 299 g/mol. The molecule has 6 nitrogen and oxygen atoms in total. The summed E-state index contributed by atoms with van der Waals surface area (Å²) in [7, 11) is 0. The van der Waals surface area contributed by atoms with Crippen molar-refractivity contribution >= 4 is 16.8 Å². The number of rotatable bonds is 1. The molecule has 1 aliphatic heterocycles. The van der Waals surface area contributed by atoms with Gasteiger partial charge in [0.05, 0.1) is 5.52 Å². The Bertz CT molecular complexity index is 869. The van der Waals surface area contributed by atoms with Crippen LogP contribution >= 0.6 is 0 Å². The molecular formula is C16H17N3O3. The number of amides is 1. The van der Waals surface area contributed by atoms with Crippen molar-refractivity contribution in [1.82, 2.24) is 14.9 Å². The van der Waals surface area contributed by atoms with Crippen molar-refractivity contribution in [3.8, 4) is 5.75 Å². The van der Waals surface area contributed by atoms with Gasteiger partial charge in [0.1, 0.15) is 22.5 Å². The van der Waals surface area contributed by atoms with Gasteiger partial charge in [-0.2, -0.15) is 0 Å². The van der Waals surface area contributed by atoms with E-state index in [1.54, 1.807) is 26.0 Å². The first-order chi connectivity index (χ1) is 10.3. The fraction of sp³-hybridized carbons (Fsp3) is 0.312. The lowest BCUT2D eigenvalue weighted by Crippen LogP contribution is -2.54.